The maximum absolute atomic E-state index is 11.8. The number of pyridine rings is 1. The molecule has 0 bridgehead atoms. The number of aromatic nitrogens is 7. The molecule has 5 heterocycles. The number of fused-ring (bicyclic) bond motifs is 1. The van der Waals surface area contributed by atoms with Crippen LogP contribution in [0, 0.1) is 0 Å². The Morgan fingerprint density at radius 3 is 2.70 bits per heavy atom. The Hall–Kier alpha value is -3.46. The van der Waals surface area contributed by atoms with Gasteiger partial charge in [0.1, 0.15) is 0 Å². The zero-order chi connectivity index (χ0) is 20.5. The van der Waals surface area contributed by atoms with Crippen molar-refractivity contribution in [1.82, 2.24) is 39.2 Å². The van der Waals surface area contributed by atoms with Crippen molar-refractivity contribution < 1.29 is 0 Å². The molecule has 0 atom stereocenters. The first-order valence-corrected chi connectivity index (χ1v) is 10.0. The van der Waals surface area contributed by atoms with Crippen LogP contribution < -0.4 is 5.56 Å². The molecule has 1 aliphatic heterocycles. The SMILES string of the molecule is Cn1c(CN2CCC(c3nnc4ccc(-c5cccnc5)nn34)CC2)cncc1=O. The summed E-state index contributed by atoms with van der Waals surface area (Å²) in [7, 11) is 1.79. The number of hydrogen-bond donors (Lipinski definition) is 0. The molecule has 5 rings (SSSR count). The molecule has 0 spiro atoms. The van der Waals surface area contributed by atoms with Gasteiger partial charge in [0, 0.05) is 43.7 Å². The van der Waals surface area contributed by atoms with E-state index in [1.807, 2.05) is 35.0 Å². The number of likely N-dealkylation sites (tertiary alicyclic amines) is 1. The molecule has 1 aliphatic rings. The predicted molar refractivity (Wildman–Crippen MR) is 111 cm³/mol. The van der Waals surface area contributed by atoms with Gasteiger partial charge in [0.2, 0.25) is 0 Å². The third kappa shape index (κ3) is 3.48. The smallest absolute Gasteiger partial charge is 0.268 e. The standard InChI is InChI=1S/C21H22N8O/c1-27-17(12-23-13-20(27)30)14-28-9-6-15(7-10-28)21-25-24-19-5-4-18(26-29(19)21)16-3-2-8-22-11-16/h2-5,8,11-13,15H,6-7,9-10,14H2,1H3. The van der Waals surface area contributed by atoms with E-state index in [1.54, 1.807) is 24.0 Å². The van der Waals surface area contributed by atoms with Crippen LogP contribution in [0.25, 0.3) is 16.9 Å². The fourth-order valence-corrected chi connectivity index (χ4v) is 3.96. The van der Waals surface area contributed by atoms with Crippen LogP contribution in [-0.4, -0.2) is 52.3 Å². The van der Waals surface area contributed by atoms with E-state index >= 15 is 0 Å². The maximum Gasteiger partial charge on any atom is 0.268 e. The zero-order valence-corrected chi connectivity index (χ0v) is 16.7. The highest BCUT2D eigenvalue weighted by molar-refractivity contribution is 5.58. The summed E-state index contributed by atoms with van der Waals surface area (Å²) >= 11 is 0. The largest absolute Gasteiger partial charge is 0.312 e. The van der Waals surface area contributed by atoms with Crippen molar-refractivity contribution in [2.45, 2.75) is 25.3 Å². The van der Waals surface area contributed by atoms with Gasteiger partial charge in [-0.25, -0.2) is 0 Å². The summed E-state index contributed by atoms with van der Waals surface area (Å²) in [4.78, 5) is 22.4. The Morgan fingerprint density at radius 2 is 1.90 bits per heavy atom. The van der Waals surface area contributed by atoms with E-state index in [0.29, 0.717) is 5.92 Å². The van der Waals surface area contributed by atoms with E-state index < -0.39 is 0 Å². The molecule has 0 amide bonds. The highest BCUT2D eigenvalue weighted by atomic mass is 16.1. The first-order chi connectivity index (χ1) is 14.7. The molecule has 30 heavy (non-hydrogen) atoms. The molecule has 1 fully saturated rings. The van der Waals surface area contributed by atoms with E-state index in [1.165, 1.54) is 6.20 Å². The van der Waals surface area contributed by atoms with Gasteiger partial charge in [-0.1, -0.05) is 0 Å². The molecule has 9 nitrogen and oxygen atoms in total. The summed E-state index contributed by atoms with van der Waals surface area (Å²) in [6, 6.07) is 7.80. The second-order valence-corrected chi connectivity index (χ2v) is 7.63. The third-order valence-corrected chi connectivity index (χ3v) is 5.75. The molecule has 9 heteroatoms. The van der Waals surface area contributed by atoms with Crippen LogP contribution in [0.3, 0.4) is 0 Å². The van der Waals surface area contributed by atoms with E-state index in [4.69, 9.17) is 5.10 Å². The summed E-state index contributed by atoms with van der Waals surface area (Å²) in [5.74, 6) is 1.20. The highest BCUT2D eigenvalue weighted by Crippen LogP contribution is 2.28. The Labute approximate surface area is 173 Å². The fraction of sp³-hybridized carbons (Fsp3) is 0.333. The minimum Gasteiger partial charge on any atom is -0.312 e. The van der Waals surface area contributed by atoms with Gasteiger partial charge in [0.25, 0.3) is 5.56 Å². The van der Waals surface area contributed by atoms with E-state index in [2.05, 4.69) is 25.1 Å². The average Bonchev–Trinajstić information content (AvgIpc) is 3.21. The second kappa shape index (κ2) is 7.75. The number of rotatable bonds is 4. The lowest BCUT2D eigenvalue weighted by molar-refractivity contribution is 0.196. The minimum absolute atomic E-state index is 0.0761. The highest BCUT2D eigenvalue weighted by Gasteiger charge is 2.25. The number of piperidine rings is 1. The van der Waals surface area contributed by atoms with Gasteiger partial charge in [-0.3, -0.25) is 19.7 Å². The quantitative estimate of drug-likeness (QED) is 0.512. The number of hydrogen-bond acceptors (Lipinski definition) is 7. The average molecular weight is 402 g/mol. The lowest BCUT2D eigenvalue weighted by Gasteiger charge is -2.31. The molecule has 0 saturated carbocycles. The molecular formula is C21H22N8O. The topological polar surface area (TPSA) is 94.1 Å². The van der Waals surface area contributed by atoms with Gasteiger partial charge >= 0.3 is 0 Å². The lowest BCUT2D eigenvalue weighted by atomic mass is 9.96. The van der Waals surface area contributed by atoms with Crippen LogP contribution >= 0.6 is 0 Å². The van der Waals surface area contributed by atoms with Gasteiger partial charge in [0.15, 0.2) is 11.5 Å². The second-order valence-electron chi connectivity index (χ2n) is 7.63. The monoisotopic (exact) mass is 402 g/mol. The summed E-state index contributed by atoms with van der Waals surface area (Å²) in [5, 5.41) is 13.5. The molecule has 0 aliphatic carbocycles. The van der Waals surface area contributed by atoms with Crippen molar-refractivity contribution in [3.8, 4) is 11.3 Å². The molecule has 0 radical (unpaired) electrons. The van der Waals surface area contributed by atoms with E-state index in [-0.39, 0.29) is 5.56 Å². The van der Waals surface area contributed by atoms with Crippen molar-refractivity contribution >= 4 is 5.65 Å². The molecule has 0 aromatic carbocycles. The van der Waals surface area contributed by atoms with Crippen molar-refractivity contribution in [2.24, 2.45) is 7.05 Å². The predicted octanol–water partition coefficient (Wildman–Crippen LogP) is 1.66. The van der Waals surface area contributed by atoms with Crippen molar-refractivity contribution in [3.05, 3.63) is 70.9 Å². The van der Waals surface area contributed by atoms with Gasteiger partial charge in [-0.15, -0.1) is 10.2 Å². The maximum atomic E-state index is 11.8. The fourth-order valence-electron chi connectivity index (χ4n) is 3.96. The molecule has 4 aromatic heterocycles. The van der Waals surface area contributed by atoms with Crippen LogP contribution in [0.15, 0.2) is 53.8 Å². The van der Waals surface area contributed by atoms with Gasteiger partial charge < -0.3 is 4.57 Å². The number of nitrogens with zero attached hydrogens (tertiary/aromatic N) is 8. The third-order valence-electron chi connectivity index (χ3n) is 5.75. The molecule has 0 unspecified atom stereocenters. The molecule has 0 N–H and O–H groups in total. The summed E-state index contributed by atoms with van der Waals surface area (Å²) in [6.45, 7) is 2.56. The van der Waals surface area contributed by atoms with Crippen LogP contribution in [0.1, 0.15) is 30.3 Å². The van der Waals surface area contributed by atoms with Gasteiger partial charge in [0.05, 0.1) is 17.6 Å². The molecular weight excluding hydrogens is 380 g/mol. The van der Waals surface area contributed by atoms with Crippen molar-refractivity contribution in [3.63, 3.8) is 0 Å². The Morgan fingerprint density at radius 1 is 1.03 bits per heavy atom. The van der Waals surface area contributed by atoms with E-state index in [0.717, 1.165) is 60.9 Å². The minimum atomic E-state index is -0.0761. The summed E-state index contributed by atoms with van der Waals surface area (Å²) in [5.41, 5.74) is 3.43. The van der Waals surface area contributed by atoms with Crippen molar-refractivity contribution in [1.29, 1.82) is 0 Å². The lowest BCUT2D eigenvalue weighted by Crippen LogP contribution is -2.35. The summed E-state index contributed by atoms with van der Waals surface area (Å²) in [6.07, 6.45) is 8.61. The Balaban J connectivity index is 1.33. The van der Waals surface area contributed by atoms with E-state index in [9.17, 15) is 4.79 Å². The normalized spacial score (nSPS) is 15.6. The van der Waals surface area contributed by atoms with Crippen LogP contribution in [-0.2, 0) is 13.6 Å². The van der Waals surface area contributed by atoms with Crippen LogP contribution in [0.4, 0.5) is 0 Å². The van der Waals surface area contributed by atoms with Gasteiger partial charge in [-0.05, 0) is 50.2 Å². The Kier molecular flexibility index (Phi) is 4.80. The van der Waals surface area contributed by atoms with Crippen LogP contribution in [0.2, 0.25) is 0 Å². The summed E-state index contributed by atoms with van der Waals surface area (Å²) < 4.78 is 3.53. The molecule has 1 saturated heterocycles. The molecule has 4 aromatic rings. The Bertz CT molecular complexity index is 1220. The first kappa shape index (κ1) is 18.6. The zero-order valence-electron chi connectivity index (χ0n) is 16.7. The first-order valence-electron chi connectivity index (χ1n) is 10.0. The van der Waals surface area contributed by atoms with Crippen LogP contribution in [0.5, 0.6) is 0 Å². The molecule has 152 valence electrons. The van der Waals surface area contributed by atoms with Gasteiger partial charge in [-0.2, -0.15) is 9.61 Å². The van der Waals surface area contributed by atoms with Crippen molar-refractivity contribution in [2.75, 3.05) is 13.1 Å².